The van der Waals surface area contributed by atoms with Crippen molar-refractivity contribution in [2.24, 2.45) is 0 Å². The van der Waals surface area contributed by atoms with Gasteiger partial charge in [-0.05, 0) is 23.8 Å². The molecule has 1 aliphatic rings. The molecule has 0 N–H and O–H groups in total. The van der Waals surface area contributed by atoms with Crippen molar-refractivity contribution in [3.63, 3.8) is 0 Å². The van der Waals surface area contributed by atoms with Gasteiger partial charge in [0.05, 0.1) is 0 Å². The number of thioether (sulfide) groups is 1. The molecule has 0 fully saturated rings. The number of hydrogen-bond donors (Lipinski definition) is 0. The van der Waals surface area contributed by atoms with E-state index in [9.17, 15) is 0 Å². The number of aromatic nitrogens is 2. The van der Waals surface area contributed by atoms with Crippen LogP contribution in [-0.4, -0.2) is 27.7 Å². The van der Waals surface area contributed by atoms with E-state index in [-0.39, 0.29) is 0 Å². The van der Waals surface area contributed by atoms with E-state index < -0.39 is 0 Å². The third-order valence-corrected chi connectivity index (χ3v) is 4.06. The first-order valence-corrected chi connectivity index (χ1v) is 7.71. The summed E-state index contributed by atoms with van der Waals surface area (Å²) in [5, 5.41) is 0.840. The number of nitrogens with zero attached hydrogens (tertiary/aromatic N) is 3. The molecule has 0 spiro atoms. The average molecular weight is 271 g/mol. The van der Waals surface area contributed by atoms with Crippen LogP contribution in [0.4, 0.5) is 0 Å². The predicted molar refractivity (Wildman–Crippen MR) is 78.1 cm³/mol. The van der Waals surface area contributed by atoms with Crippen LogP contribution in [0.15, 0.2) is 41.8 Å². The quantitative estimate of drug-likeness (QED) is 0.634. The van der Waals surface area contributed by atoms with Gasteiger partial charge in [-0.3, -0.25) is 4.90 Å². The van der Waals surface area contributed by atoms with E-state index in [1.807, 2.05) is 18.6 Å². The monoisotopic (exact) mass is 271 g/mol. The number of benzene rings is 1. The molecule has 2 aromatic rings. The molecule has 98 valence electrons. The van der Waals surface area contributed by atoms with Crippen LogP contribution >= 0.6 is 11.8 Å². The van der Waals surface area contributed by atoms with Crippen molar-refractivity contribution in [3.8, 4) is 0 Å². The van der Waals surface area contributed by atoms with Gasteiger partial charge in [0.15, 0.2) is 5.16 Å². The summed E-state index contributed by atoms with van der Waals surface area (Å²) in [4.78, 5) is 11.1. The maximum absolute atomic E-state index is 4.33. The maximum atomic E-state index is 4.33. The minimum Gasteiger partial charge on any atom is -0.294 e. The van der Waals surface area contributed by atoms with Gasteiger partial charge in [0.25, 0.3) is 0 Å². The molecule has 1 aromatic carbocycles. The van der Waals surface area contributed by atoms with Crippen LogP contribution < -0.4 is 0 Å². The molecule has 0 saturated heterocycles. The van der Waals surface area contributed by atoms with Gasteiger partial charge in [0, 0.05) is 37.6 Å². The molecule has 4 heteroatoms. The molecule has 0 saturated carbocycles. The van der Waals surface area contributed by atoms with Gasteiger partial charge >= 0.3 is 0 Å². The highest BCUT2D eigenvalue weighted by molar-refractivity contribution is 7.98. The molecule has 0 aliphatic carbocycles. The zero-order chi connectivity index (χ0) is 13.1. The minimum absolute atomic E-state index is 0.840. The highest BCUT2D eigenvalue weighted by Crippen LogP contribution is 2.20. The van der Waals surface area contributed by atoms with Crippen molar-refractivity contribution >= 4 is 11.8 Å². The lowest BCUT2D eigenvalue weighted by atomic mass is 10.00. The second-order valence-electron chi connectivity index (χ2n) is 4.81. The lowest BCUT2D eigenvalue weighted by molar-refractivity contribution is 0.245. The van der Waals surface area contributed by atoms with Crippen LogP contribution in [0.5, 0.6) is 0 Å². The second-order valence-corrected chi connectivity index (χ2v) is 5.58. The summed E-state index contributed by atoms with van der Waals surface area (Å²) < 4.78 is 0. The van der Waals surface area contributed by atoms with Crippen LogP contribution in [0.3, 0.4) is 0 Å². The molecular formula is C15H17N3S. The third-order valence-electron chi connectivity index (χ3n) is 3.48. The molecule has 1 aromatic heterocycles. The fraction of sp³-hybridized carbons (Fsp3) is 0.333. The van der Waals surface area contributed by atoms with E-state index in [2.05, 4.69) is 39.1 Å². The largest absolute Gasteiger partial charge is 0.294 e. The molecule has 2 heterocycles. The summed E-state index contributed by atoms with van der Waals surface area (Å²) in [6, 6.07) is 8.72. The number of rotatable bonds is 3. The fourth-order valence-corrected chi connectivity index (χ4v) is 2.79. The Morgan fingerprint density at radius 2 is 1.89 bits per heavy atom. The number of hydrogen-bond acceptors (Lipinski definition) is 4. The lowest BCUT2D eigenvalue weighted by Crippen LogP contribution is -2.30. The van der Waals surface area contributed by atoms with Crippen molar-refractivity contribution in [1.82, 2.24) is 14.9 Å². The molecule has 0 atom stereocenters. The third kappa shape index (κ3) is 2.96. The molecule has 1 aliphatic heterocycles. The van der Waals surface area contributed by atoms with Crippen molar-refractivity contribution in [2.75, 3.05) is 12.8 Å². The molecule has 0 bridgehead atoms. The summed E-state index contributed by atoms with van der Waals surface area (Å²) in [7, 11) is 0. The van der Waals surface area contributed by atoms with Gasteiger partial charge in [-0.15, -0.1) is 0 Å². The van der Waals surface area contributed by atoms with Gasteiger partial charge in [-0.25, -0.2) is 9.97 Å². The van der Waals surface area contributed by atoms with Crippen LogP contribution in [-0.2, 0) is 19.5 Å². The average Bonchev–Trinajstić information content (AvgIpc) is 2.48. The van der Waals surface area contributed by atoms with Crippen molar-refractivity contribution in [2.45, 2.75) is 24.7 Å². The first-order chi connectivity index (χ1) is 9.35. The summed E-state index contributed by atoms with van der Waals surface area (Å²) in [5.41, 5.74) is 4.14. The van der Waals surface area contributed by atoms with E-state index in [1.165, 1.54) is 16.7 Å². The van der Waals surface area contributed by atoms with Gasteiger partial charge in [0.1, 0.15) is 0 Å². The Kier molecular flexibility index (Phi) is 3.80. The zero-order valence-electron chi connectivity index (χ0n) is 11.0. The predicted octanol–water partition coefficient (Wildman–Crippen LogP) is 2.76. The van der Waals surface area contributed by atoms with Gasteiger partial charge in [-0.2, -0.15) is 0 Å². The molecule has 3 rings (SSSR count). The summed E-state index contributed by atoms with van der Waals surface area (Å²) in [6.45, 7) is 3.07. The van der Waals surface area contributed by atoms with E-state index in [0.29, 0.717) is 0 Å². The Balaban J connectivity index is 1.68. The molecule has 0 radical (unpaired) electrons. The van der Waals surface area contributed by atoms with E-state index in [4.69, 9.17) is 0 Å². The molecular weight excluding hydrogens is 254 g/mol. The Morgan fingerprint density at radius 3 is 2.63 bits per heavy atom. The SMILES string of the molecule is CSc1ncc(CN2CCc3ccccc3C2)cn1. The van der Waals surface area contributed by atoms with Crippen molar-refractivity contribution in [3.05, 3.63) is 53.3 Å². The first kappa shape index (κ1) is 12.6. The van der Waals surface area contributed by atoms with Crippen LogP contribution in [0, 0.1) is 0 Å². The van der Waals surface area contributed by atoms with Crippen molar-refractivity contribution < 1.29 is 0 Å². The molecule has 0 unspecified atom stereocenters. The second kappa shape index (κ2) is 5.72. The van der Waals surface area contributed by atoms with Gasteiger partial charge in [-0.1, -0.05) is 36.0 Å². The van der Waals surface area contributed by atoms with E-state index in [1.54, 1.807) is 11.8 Å². The first-order valence-electron chi connectivity index (χ1n) is 6.49. The topological polar surface area (TPSA) is 29.0 Å². The standard InChI is InChI=1S/C15H17N3S/c1-19-15-16-8-12(9-17-15)10-18-7-6-13-4-2-3-5-14(13)11-18/h2-5,8-9H,6-7,10-11H2,1H3. The Labute approximate surface area is 118 Å². The van der Waals surface area contributed by atoms with E-state index >= 15 is 0 Å². The lowest BCUT2D eigenvalue weighted by Gasteiger charge is -2.28. The van der Waals surface area contributed by atoms with E-state index in [0.717, 1.165) is 31.2 Å². The number of fused-ring (bicyclic) bond motifs is 1. The maximum Gasteiger partial charge on any atom is 0.187 e. The summed E-state index contributed by atoms with van der Waals surface area (Å²) >= 11 is 1.58. The van der Waals surface area contributed by atoms with Crippen LogP contribution in [0.2, 0.25) is 0 Å². The highest BCUT2D eigenvalue weighted by atomic mass is 32.2. The molecule has 19 heavy (non-hydrogen) atoms. The minimum atomic E-state index is 0.840. The highest BCUT2D eigenvalue weighted by Gasteiger charge is 2.15. The zero-order valence-corrected chi connectivity index (χ0v) is 11.9. The normalized spacial score (nSPS) is 15.2. The van der Waals surface area contributed by atoms with Crippen LogP contribution in [0.25, 0.3) is 0 Å². The Morgan fingerprint density at radius 1 is 1.16 bits per heavy atom. The summed E-state index contributed by atoms with van der Waals surface area (Å²) in [5.74, 6) is 0. The smallest absolute Gasteiger partial charge is 0.187 e. The fourth-order valence-electron chi connectivity index (χ4n) is 2.48. The van der Waals surface area contributed by atoms with Gasteiger partial charge in [0.2, 0.25) is 0 Å². The molecule has 0 amide bonds. The van der Waals surface area contributed by atoms with Gasteiger partial charge < -0.3 is 0 Å². The molecule has 3 nitrogen and oxygen atoms in total. The van der Waals surface area contributed by atoms with Crippen LogP contribution in [0.1, 0.15) is 16.7 Å². The van der Waals surface area contributed by atoms with Crippen molar-refractivity contribution in [1.29, 1.82) is 0 Å². The Bertz CT molecular complexity index is 554. The summed E-state index contributed by atoms with van der Waals surface area (Å²) in [6.07, 6.45) is 7.02. The Hall–Kier alpha value is -1.39.